The summed E-state index contributed by atoms with van der Waals surface area (Å²) in [4.78, 5) is 4.56. The number of hydrogen-bond acceptors (Lipinski definition) is 4. The Balaban J connectivity index is 1.75. The zero-order valence-electron chi connectivity index (χ0n) is 11.9. The van der Waals surface area contributed by atoms with Crippen LogP contribution in [0.5, 0.6) is 0 Å². The van der Waals surface area contributed by atoms with Crippen molar-refractivity contribution in [2.75, 3.05) is 0 Å². The predicted molar refractivity (Wildman–Crippen MR) is 78.6 cm³/mol. The third-order valence-electron chi connectivity index (χ3n) is 4.02. The minimum absolute atomic E-state index is 0.456. The van der Waals surface area contributed by atoms with Crippen molar-refractivity contribution in [1.82, 2.24) is 19.9 Å². The van der Waals surface area contributed by atoms with Gasteiger partial charge in [-0.25, -0.2) is 0 Å². The molecule has 2 heterocycles. The first-order valence-corrected chi connectivity index (χ1v) is 7.96. The number of halogens is 1. The van der Waals surface area contributed by atoms with Crippen LogP contribution < -0.4 is 0 Å². The second-order valence-electron chi connectivity index (χ2n) is 5.53. The Morgan fingerprint density at radius 1 is 1.25 bits per heavy atom. The van der Waals surface area contributed by atoms with Gasteiger partial charge in [0.25, 0.3) is 0 Å². The van der Waals surface area contributed by atoms with Crippen LogP contribution in [0.25, 0.3) is 0 Å². The molecule has 0 N–H and O–H groups in total. The van der Waals surface area contributed by atoms with Gasteiger partial charge in [-0.05, 0) is 42.6 Å². The summed E-state index contributed by atoms with van der Waals surface area (Å²) < 4.78 is 8.40. The smallest absolute Gasteiger partial charge is 0.229 e. The number of nitrogens with zero attached hydrogens (tertiary/aromatic N) is 4. The van der Waals surface area contributed by atoms with Crippen molar-refractivity contribution in [3.05, 3.63) is 27.6 Å². The lowest BCUT2D eigenvalue weighted by atomic mass is 9.89. The molecule has 0 radical (unpaired) electrons. The van der Waals surface area contributed by atoms with Gasteiger partial charge < -0.3 is 4.52 Å². The SMILES string of the molecule is Cc1nn(Cc2noc(C3CCCCC3)n2)c(C)c1Br. The highest BCUT2D eigenvalue weighted by molar-refractivity contribution is 9.10. The van der Waals surface area contributed by atoms with E-state index in [0.29, 0.717) is 18.3 Å². The van der Waals surface area contributed by atoms with Crippen molar-refractivity contribution < 1.29 is 4.52 Å². The highest BCUT2D eigenvalue weighted by Crippen LogP contribution is 2.31. The normalized spacial score (nSPS) is 16.8. The van der Waals surface area contributed by atoms with E-state index in [1.807, 2.05) is 18.5 Å². The molecule has 6 heteroatoms. The molecule has 20 heavy (non-hydrogen) atoms. The topological polar surface area (TPSA) is 56.7 Å². The third-order valence-corrected chi connectivity index (χ3v) is 5.17. The van der Waals surface area contributed by atoms with E-state index in [0.717, 1.165) is 21.8 Å². The second-order valence-corrected chi connectivity index (χ2v) is 6.32. The summed E-state index contributed by atoms with van der Waals surface area (Å²) in [5.74, 6) is 1.97. The van der Waals surface area contributed by atoms with Gasteiger partial charge in [0.05, 0.1) is 15.9 Å². The van der Waals surface area contributed by atoms with Crippen molar-refractivity contribution in [2.24, 2.45) is 0 Å². The Bertz CT molecular complexity index is 598. The van der Waals surface area contributed by atoms with Gasteiger partial charge >= 0.3 is 0 Å². The van der Waals surface area contributed by atoms with Crippen LogP contribution in [0.15, 0.2) is 9.00 Å². The van der Waals surface area contributed by atoms with Gasteiger partial charge in [0.15, 0.2) is 5.82 Å². The molecule has 0 atom stereocenters. The van der Waals surface area contributed by atoms with Crippen molar-refractivity contribution in [3.8, 4) is 0 Å². The standard InChI is InChI=1S/C14H19BrN4O/c1-9-13(15)10(2)19(17-9)8-12-16-14(20-18-12)11-6-4-3-5-7-11/h11H,3-8H2,1-2H3. The van der Waals surface area contributed by atoms with E-state index in [-0.39, 0.29) is 0 Å². The zero-order valence-corrected chi connectivity index (χ0v) is 13.5. The first-order chi connectivity index (χ1) is 9.65. The predicted octanol–water partition coefficient (Wildman–Crippen LogP) is 3.74. The Morgan fingerprint density at radius 2 is 2.00 bits per heavy atom. The van der Waals surface area contributed by atoms with Crippen LogP contribution in [0.3, 0.4) is 0 Å². The summed E-state index contributed by atoms with van der Waals surface area (Å²) in [5.41, 5.74) is 2.07. The van der Waals surface area contributed by atoms with Crippen molar-refractivity contribution in [2.45, 2.75) is 58.4 Å². The molecule has 108 valence electrons. The van der Waals surface area contributed by atoms with E-state index in [4.69, 9.17) is 4.52 Å². The second kappa shape index (κ2) is 5.68. The molecule has 0 unspecified atom stereocenters. The summed E-state index contributed by atoms with van der Waals surface area (Å²) in [6.45, 7) is 4.58. The Hall–Kier alpha value is -1.17. The van der Waals surface area contributed by atoms with Crippen LogP contribution in [-0.2, 0) is 6.54 Å². The van der Waals surface area contributed by atoms with E-state index in [9.17, 15) is 0 Å². The van der Waals surface area contributed by atoms with Gasteiger partial charge in [-0.2, -0.15) is 10.1 Å². The van der Waals surface area contributed by atoms with Crippen molar-refractivity contribution >= 4 is 15.9 Å². The molecule has 1 fully saturated rings. The molecule has 2 aromatic rings. The Labute approximate surface area is 126 Å². The highest BCUT2D eigenvalue weighted by Gasteiger charge is 2.22. The molecule has 1 aliphatic rings. The van der Waals surface area contributed by atoms with Crippen LogP contribution in [-0.4, -0.2) is 19.9 Å². The lowest BCUT2D eigenvalue weighted by molar-refractivity contribution is 0.311. The Kier molecular flexibility index (Phi) is 3.92. The number of rotatable bonds is 3. The van der Waals surface area contributed by atoms with Crippen molar-refractivity contribution in [1.29, 1.82) is 0 Å². The summed E-state index contributed by atoms with van der Waals surface area (Å²) in [6.07, 6.45) is 6.22. The molecular weight excluding hydrogens is 320 g/mol. The van der Waals surface area contributed by atoms with E-state index in [1.54, 1.807) is 0 Å². The molecule has 0 spiro atoms. The van der Waals surface area contributed by atoms with Crippen LogP contribution >= 0.6 is 15.9 Å². The van der Waals surface area contributed by atoms with Gasteiger partial charge in [0, 0.05) is 5.92 Å². The van der Waals surface area contributed by atoms with Crippen LogP contribution in [0.4, 0.5) is 0 Å². The highest BCUT2D eigenvalue weighted by atomic mass is 79.9. The molecule has 0 aromatic carbocycles. The molecule has 0 bridgehead atoms. The first-order valence-electron chi connectivity index (χ1n) is 7.17. The lowest BCUT2D eigenvalue weighted by Crippen LogP contribution is -2.07. The van der Waals surface area contributed by atoms with Crippen LogP contribution in [0.1, 0.15) is 61.1 Å². The van der Waals surface area contributed by atoms with E-state index < -0.39 is 0 Å². The molecule has 3 rings (SSSR count). The number of aryl methyl sites for hydroxylation is 1. The maximum absolute atomic E-state index is 5.44. The average Bonchev–Trinajstić information content (AvgIpc) is 3.02. The van der Waals surface area contributed by atoms with Gasteiger partial charge in [0.1, 0.15) is 6.54 Å². The fourth-order valence-corrected chi connectivity index (χ4v) is 3.09. The fraction of sp³-hybridized carbons (Fsp3) is 0.643. The van der Waals surface area contributed by atoms with Gasteiger partial charge in [0.2, 0.25) is 5.89 Å². The fourth-order valence-electron chi connectivity index (χ4n) is 2.81. The molecule has 1 saturated carbocycles. The first kappa shape index (κ1) is 13.8. The molecule has 5 nitrogen and oxygen atoms in total. The minimum atomic E-state index is 0.456. The molecule has 1 aliphatic carbocycles. The third kappa shape index (κ3) is 2.66. The lowest BCUT2D eigenvalue weighted by Gasteiger charge is -2.17. The monoisotopic (exact) mass is 338 g/mol. The Morgan fingerprint density at radius 3 is 2.65 bits per heavy atom. The van der Waals surface area contributed by atoms with E-state index in [2.05, 4.69) is 31.2 Å². The molecular formula is C14H19BrN4O. The summed E-state index contributed by atoms with van der Waals surface area (Å²) >= 11 is 3.53. The molecule has 2 aromatic heterocycles. The maximum atomic E-state index is 5.44. The molecule has 0 saturated heterocycles. The van der Waals surface area contributed by atoms with E-state index >= 15 is 0 Å². The van der Waals surface area contributed by atoms with Crippen molar-refractivity contribution in [3.63, 3.8) is 0 Å². The largest absolute Gasteiger partial charge is 0.339 e. The summed E-state index contributed by atoms with van der Waals surface area (Å²) in [7, 11) is 0. The van der Waals surface area contributed by atoms with Gasteiger partial charge in [-0.15, -0.1) is 0 Å². The summed E-state index contributed by atoms with van der Waals surface area (Å²) in [5, 5.41) is 8.58. The zero-order chi connectivity index (χ0) is 14.1. The van der Waals surface area contributed by atoms with Crippen LogP contribution in [0.2, 0.25) is 0 Å². The average molecular weight is 339 g/mol. The van der Waals surface area contributed by atoms with Gasteiger partial charge in [-0.1, -0.05) is 24.4 Å². The van der Waals surface area contributed by atoms with Gasteiger partial charge in [-0.3, -0.25) is 4.68 Å². The quantitative estimate of drug-likeness (QED) is 0.855. The molecule has 0 amide bonds. The summed E-state index contributed by atoms with van der Waals surface area (Å²) in [6, 6.07) is 0. The number of aromatic nitrogens is 4. The van der Waals surface area contributed by atoms with Crippen LogP contribution in [0, 0.1) is 13.8 Å². The molecule has 0 aliphatic heterocycles. The van der Waals surface area contributed by atoms with E-state index in [1.165, 1.54) is 32.1 Å². The number of hydrogen-bond donors (Lipinski definition) is 0. The maximum Gasteiger partial charge on any atom is 0.229 e. The minimum Gasteiger partial charge on any atom is -0.339 e.